The minimum absolute atomic E-state index is 0.181. The van der Waals surface area contributed by atoms with Crippen molar-refractivity contribution in [1.82, 2.24) is 0 Å². The van der Waals surface area contributed by atoms with Crippen LogP contribution in [-0.2, 0) is 4.79 Å². The fourth-order valence-electron chi connectivity index (χ4n) is 5.50. The summed E-state index contributed by atoms with van der Waals surface area (Å²) in [6.45, 7) is 16.8. The molecule has 0 atom stereocenters. The molecule has 0 saturated heterocycles. The number of nitrogens with two attached hydrogens (primary N) is 1. The number of carbonyl (C=O) groups excluding carboxylic acids is 1. The molecule has 7 heteroatoms. The van der Waals surface area contributed by atoms with Gasteiger partial charge in [0.1, 0.15) is 17.3 Å². The van der Waals surface area contributed by atoms with Crippen LogP contribution in [0.4, 0.5) is 0 Å². The van der Waals surface area contributed by atoms with Gasteiger partial charge in [0.2, 0.25) is 0 Å². The molecule has 0 aliphatic carbocycles. The smallest absolute Gasteiger partial charge is 0.325 e. The predicted octanol–water partition coefficient (Wildman–Crippen LogP) is 16.0. The van der Waals surface area contributed by atoms with Gasteiger partial charge in [-0.15, -0.1) is 0 Å². The Bertz CT molecular complexity index is 2310. The normalized spacial score (nSPS) is 11.3. The molecule has 0 aliphatic rings. The zero-order valence-corrected chi connectivity index (χ0v) is 39.2. The van der Waals surface area contributed by atoms with Crippen molar-refractivity contribution < 1.29 is 14.3 Å². The third kappa shape index (κ3) is 17.1. The summed E-state index contributed by atoms with van der Waals surface area (Å²) in [5, 5.41) is 4.08. The van der Waals surface area contributed by atoms with E-state index in [9.17, 15) is 4.79 Å². The van der Waals surface area contributed by atoms with Crippen molar-refractivity contribution in [2.45, 2.75) is 74.0 Å². The largest absolute Gasteiger partial charge is 0.458 e. The quantitative estimate of drug-likeness (QED) is 0.0259. The molecule has 4 nitrogen and oxygen atoms in total. The van der Waals surface area contributed by atoms with Crippen molar-refractivity contribution in [1.29, 1.82) is 0 Å². The molecule has 0 radical (unpaired) electrons. The molecule has 0 aromatic heterocycles. The van der Waals surface area contributed by atoms with E-state index in [-0.39, 0.29) is 6.54 Å². The number of allylic oxidation sites excluding steroid dienone is 2. The number of hydrogen-bond acceptors (Lipinski definition) is 7. The molecule has 0 aliphatic heterocycles. The van der Waals surface area contributed by atoms with Crippen molar-refractivity contribution >= 4 is 52.4 Å². The Labute approximate surface area is 383 Å². The predicted molar refractivity (Wildman–Crippen MR) is 269 cm³/mol. The highest BCUT2D eigenvalue weighted by Crippen LogP contribution is 2.38. The molecule has 6 aromatic carbocycles. The van der Waals surface area contributed by atoms with E-state index in [1.807, 2.05) is 85.1 Å². The first kappa shape index (κ1) is 49.2. The molecule has 0 amide bonds. The molecular formula is C55H59NO3S3. The monoisotopic (exact) mass is 877 g/mol. The van der Waals surface area contributed by atoms with Gasteiger partial charge in [-0.25, -0.2) is 0 Å². The maximum absolute atomic E-state index is 11.8. The first-order valence-corrected chi connectivity index (χ1v) is 23.5. The molecule has 0 unspecified atom stereocenters. The number of benzene rings is 6. The lowest BCUT2D eigenvalue weighted by atomic mass is 9.86. The number of ether oxygens (including phenoxy) is 2. The molecule has 0 bridgehead atoms. The van der Waals surface area contributed by atoms with Crippen molar-refractivity contribution in [3.63, 3.8) is 0 Å². The van der Waals surface area contributed by atoms with Crippen LogP contribution in [0.25, 0.3) is 11.1 Å². The first-order chi connectivity index (χ1) is 30.1. The zero-order valence-electron chi connectivity index (χ0n) is 36.8. The van der Waals surface area contributed by atoms with Crippen molar-refractivity contribution in [3.8, 4) is 11.5 Å². The van der Waals surface area contributed by atoms with Gasteiger partial charge in [-0.1, -0.05) is 180 Å². The topological polar surface area (TPSA) is 61.5 Å². The Morgan fingerprint density at radius 1 is 0.565 bits per heavy atom. The molecule has 6 aromatic rings. The van der Waals surface area contributed by atoms with Gasteiger partial charge >= 0.3 is 5.97 Å². The van der Waals surface area contributed by atoms with Gasteiger partial charge in [0.25, 0.3) is 0 Å². The Balaban J connectivity index is 0.000000972. The van der Waals surface area contributed by atoms with E-state index in [0.717, 1.165) is 44.2 Å². The summed E-state index contributed by atoms with van der Waals surface area (Å²) in [5.41, 5.74) is 11.7. The first-order valence-electron chi connectivity index (χ1n) is 21.0. The number of hydrogen-bond donors (Lipinski definition) is 1. The highest BCUT2D eigenvalue weighted by atomic mass is 32.2. The summed E-state index contributed by atoms with van der Waals surface area (Å²) < 4.78 is 11.5. The molecule has 2 N–H and O–H groups in total. The highest BCUT2D eigenvalue weighted by Gasteiger charge is 2.17. The second-order valence-corrected chi connectivity index (χ2v) is 17.7. The number of esters is 1. The third-order valence-electron chi connectivity index (χ3n) is 8.49. The summed E-state index contributed by atoms with van der Waals surface area (Å²) in [4.78, 5) is 16.6. The minimum Gasteiger partial charge on any atom is -0.458 e. The van der Waals surface area contributed by atoms with Crippen LogP contribution in [0.1, 0.15) is 76.6 Å². The van der Waals surface area contributed by atoms with E-state index >= 15 is 0 Å². The standard InChI is InChI=1S/C47H39NO3S3.2C4H10/c1-3-31-52-41-22-26-43(27-23-41)54-44-28-24-42(25-29-44)53-32-30-34(2)50-39-18-14-37(15-19-39)46(35-10-6-4-7-11-35)47(36-12-8-5-9-13-36)38-16-20-40(21-17-38)51-45(49)33-48;1-4(2)3;1-3-4-2/h3-32H,2,33,48H2,1H3;4H,1-3H3;3-4H2,1-2H3/b31-3+,32-30+,47-46+;;. The highest BCUT2D eigenvalue weighted by molar-refractivity contribution is 8.02. The molecule has 0 heterocycles. The Morgan fingerprint density at radius 3 is 1.32 bits per heavy atom. The minimum atomic E-state index is -0.483. The van der Waals surface area contributed by atoms with E-state index < -0.39 is 5.97 Å². The maximum Gasteiger partial charge on any atom is 0.325 e. The lowest BCUT2D eigenvalue weighted by molar-refractivity contribution is -0.132. The Hall–Kier alpha value is -5.44. The number of thioether (sulfide) groups is 2. The second kappa shape index (κ2) is 27.5. The van der Waals surface area contributed by atoms with Gasteiger partial charge in [-0.2, -0.15) is 0 Å². The van der Waals surface area contributed by atoms with Gasteiger partial charge in [-0.05, 0) is 136 Å². The molecule has 62 heavy (non-hydrogen) atoms. The fraction of sp³-hybridized carbons (Fsp3) is 0.182. The van der Waals surface area contributed by atoms with Gasteiger partial charge < -0.3 is 15.2 Å². The molecule has 0 fully saturated rings. The van der Waals surface area contributed by atoms with Crippen LogP contribution >= 0.6 is 35.3 Å². The van der Waals surface area contributed by atoms with Crippen molar-refractivity contribution in [2.75, 3.05) is 6.54 Å². The van der Waals surface area contributed by atoms with Gasteiger partial charge in [0.15, 0.2) is 0 Å². The van der Waals surface area contributed by atoms with Crippen LogP contribution in [0, 0.1) is 5.92 Å². The van der Waals surface area contributed by atoms with E-state index in [4.69, 9.17) is 15.2 Å². The molecule has 0 spiro atoms. The van der Waals surface area contributed by atoms with Crippen LogP contribution in [0.5, 0.6) is 11.5 Å². The summed E-state index contributed by atoms with van der Waals surface area (Å²) in [7, 11) is 0. The number of unbranched alkanes of at least 4 members (excludes halogenated alkanes) is 1. The fourth-order valence-corrected chi connectivity index (χ4v) is 7.57. The van der Waals surface area contributed by atoms with Crippen LogP contribution in [0.2, 0.25) is 0 Å². The summed E-state index contributed by atoms with van der Waals surface area (Å²) in [5.74, 6) is 2.02. The summed E-state index contributed by atoms with van der Waals surface area (Å²) >= 11 is 5.09. The van der Waals surface area contributed by atoms with Gasteiger partial charge in [0, 0.05) is 19.6 Å². The molecular weight excluding hydrogens is 819 g/mol. The third-order valence-corrected chi connectivity index (χ3v) is 11.3. The van der Waals surface area contributed by atoms with Crippen LogP contribution in [0.15, 0.2) is 213 Å². The second-order valence-electron chi connectivity index (χ2n) is 14.6. The summed E-state index contributed by atoms with van der Waals surface area (Å²) in [6.07, 6.45) is 6.57. The Kier molecular flexibility index (Phi) is 21.8. The van der Waals surface area contributed by atoms with Gasteiger partial charge in [0.05, 0.1) is 6.54 Å². The van der Waals surface area contributed by atoms with E-state index in [0.29, 0.717) is 17.3 Å². The van der Waals surface area contributed by atoms with E-state index in [2.05, 4.69) is 132 Å². The zero-order chi connectivity index (χ0) is 44.5. The lowest BCUT2D eigenvalue weighted by Crippen LogP contribution is -2.19. The number of carbonyl (C=O) groups is 1. The summed E-state index contributed by atoms with van der Waals surface area (Å²) in [6, 6.07) is 53.4. The van der Waals surface area contributed by atoms with Crippen LogP contribution in [0.3, 0.4) is 0 Å². The lowest BCUT2D eigenvalue weighted by Gasteiger charge is -2.18. The molecule has 320 valence electrons. The maximum atomic E-state index is 11.8. The van der Waals surface area contributed by atoms with Crippen molar-refractivity contribution in [2.24, 2.45) is 11.7 Å². The van der Waals surface area contributed by atoms with Crippen LogP contribution < -0.4 is 15.2 Å². The van der Waals surface area contributed by atoms with Crippen LogP contribution in [-0.4, -0.2) is 12.5 Å². The van der Waals surface area contributed by atoms with E-state index in [1.165, 1.54) is 27.5 Å². The molecule has 6 rings (SSSR count). The van der Waals surface area contributed by atoms with Gasteiger partial charge in [-0.3, -0.25) is 4.79 Å². The average molecular weight is 878 g/mol. The number of rotatable bonds is 16. The van der Waals surface area contributed by atoms with E-state index in [1.54, 1.807) is 47.4 Å². The molecule has 0 saturated carbocycles. The Morgan fingerprint density at radius 2 is 0.935 bits per heavy atom. The SMILES string of the molecule is C=C(/C=C/Sc1ccc(Sc2ccc(S/C=C/C)cc2)cc1)Oc1ccc(/C(=C(\c2ccccc2)c2ccc(OC(=O)CN)cc2)c2ccccc2)cc1.CC(C)C.CCCC. The van der Waals surface area contributed by atoms with Crippen molar-refractivity contribution in [3.05, 3.63) is 215 Å². The average Bonchev–Trinajstić information content (AvgIpc) is 3.29.